The first-order valence-electron chi connectivity index (χ1n) is 11.6. The van der Waals surface area contributed by atoms with E-state index in [1.54, 1.807) is 11.0 Å². The lowest BCUT2D eigenvalue weighted by atomic mass is 10.0. The summed E-state index contributed by atoms with van der Waals surface area (Å²) in [7, 11) is 0. The number of para-hydroxylation sites is 2. The SMILES string of the molecule is O=C(c1ccc(CO)c([N+](=O)[O-])c1)N1CCN(C2C=Cc3ccccc3N2c2ccccc2)CC1. The topological polar surface area (TPSA) is 90.2 Å². The molecule has 0 spiro atoms. The maximum absolute atomic E-state index is 13.1. The zero-order chi connectivity index (χ0) is 24.4. The molecule has 2 heterocycles. The molecule has 0 bridgehead atoms. The number of piperazine rings is 1. The zero-order valence-corrected chi connectivity index (χ0v) is 19.2. The number of carbonyl (C=O) groups is 1. The van der Waals surface area contributed by atoms with E-state index < -0.39 is 11.5 Å². The van der Waals surface area contributed by atoms with Crippen molar-refractivity contribution in [1.82, 2.24) is 9.80 Å². The van der Waals surface area contributed by atoms with Gasteiger partial charge in [-0.3, -0.25) is 19.8 Å². The molecule has 8 nitrogen and oxygen atoms in total. The molecular weight excluding hydrogens is 444 g/mol. The summed E-state index contributed by atoms with van der Waals surface area (Å²) < 4.78 is 0. The lowest BCUT2D eigenvalue weighted by Crippen LogP contribution is -2.56. The van der Waals surface area contributed by atoms with Crippen LogP contribution in [0.1, 0.15) is 21.5 Å². The number of amides is 1. The molecule has 0 aliphatic carbocycles. The largest absolute Gasteiger partial charge is 0.391 e. The normalized spacial score (nSPS) is 17.8. The Labute approximate surface area is 203 Å². The van der Waals surface area contributed by atoms with Gasteiger partial charge in [-0.25, -0.2) is 0 Å². The molecule has 5 rings (SSSR count). The van der Waals surface area contributed by atoms with Crippen LogP contribution in [-0.4, -0.2) is 58.1 Å². The Morgan fingerprint density at radius 3 is 2.40 bits per heavy atom. The van der Waals surface area contributed by atoms with Crippen molar-refractivity contribution in [2.24, 2.45) is 0 Å². The third-order valence-electron chi connectivity index (χ3n) is 6.62. The monoisotopic (exact) mass is 470 g/mol. The number of rotatable bonds is 5. The van der Waals surface area contributed by atoms with Crippen molar-refractivity contribution in [1.29, 1.82) is 0 Å². The highest BCUT2D eigenvalue weighted by Crippen LogP contribution is 2.36. The van der Waals surface area contributed by atoms with Crippen molar-refractivity contribution in [2.45, 2.75) is 12.8 Å². The van der Waals surface area contributed by atoms with E-state index in [1.165, 1.54) is 12.1 Å². The Morgan fingerprint density at radius 1 is 0.971 bits per heavy atom. The molecular formula is C27H26N4O4. The second kappa shape index (κ2) is 9.69. The summed E-state index contributed by atoms with van der Waals surface area (Å²) in [6.07, 6.45) is 4.36. The number of nitro groups is 1. The quantitative estimate of drug-likeness (QED) is 0.447. The van der Waals surface area contributed by atoms with Crippen molar-refractivity contribution in [2.75, 3.05) is 31.1 Å². The third kappa shape index (κ3) is 4.41. The highest BCUT2D eigenvalue weighted by molar-refractivity contribution is 5.95. The molecule has 8 heteroatoms. The van der Waals surface area contributed by atoms with Gasteiger partial charge in [-0.2, -0.15) is 0 Å². The minimum atomic E-state index is -0.564. The predicted octanol–water partition coefficient (Wildman–Crippen LogP) is 4.04. The molecule has 2 aliphatic rings. The molecule has 0 aromatic heterocycles. The standard InChI is InChI=1S/C27H26N4O4/c32-19-22-11-10-21(18-25(22)31(34)35)27(33)29-16-14-28(15-17-29)26-13-12-20-6-4-5-9-24(20)30(26)23-7-2-1-3-8-23/h1-13,18,26,32H,14-17,19H2. The van der Waals surface area contributed by atoms with Crippen molar-refractivity contribution in [3.8, 4) is 0 Å². The number of anilines is 2. The van der Waals surface area contributed by atoms with Crippen LogP contribution in [0.15, 0.2) is 78.9 Å². The number of benzene rings is 3. The Hall–Kier alpha value is -4.01. The first-order valence-corrected chi connectivity index (χ1v) is 11.6. The fourth-order valence-electron chi connectivity index (χ4n) is 4.80. The summed E-state index contributed by atoms with van der Waals surface area (Å²) in [6, 6.07) is 22.8. The average molecular weight is 471 g/mol. The van der Waals surface area contributed by atoms with Gasteiger partial charge in [-0.1, -0.05) is 42.5 Å². The van der Waals surface area contributed by atoms with E-state index in [1.807, 2.05) is 30.3 Å². The Balaban J connectivity index is 1.34. The van der Waals surface area contributed by atoms with Crippen molar-refractivity contribution < 1.29 is 14.8 Å². The van der Waals surface area contributed by atoms with Crippen LogP contribution in [0.3, 0.4) is 0 Å². The van der Waals surface area contributed by atoms with Gasteiger partial charge < -0.3 is 14.9 Å². The van der Waals surface area contributed by atoms with Crippen LogP contribution in [0.5, 0.6) is 0 Å². The van der Waals surface area contributed by atoms with Gasteiger partial charge in [-0.05, 0) is 42.0 Å². The van der Waals surface area contributed by atoms with E-state index in [0.29, 0.717) is 26.2 Å². The summed E-state index contributed by atoms with van der Waals surface area (Å²) in [5.74, 6) is -0.235. The number of hydrogen-bond acceptors (Lipinski definition) is 6. The van der Waals surface area contributed by atoms with Gasteiger partial charge in [0.05, 0.1) is 22.8 Å². The lowest BCUT2D eigenvalue weighted by Gasteiger charge is -2.45. The average Bonchev–Trinajstić information content (AvgIpc) is 2.92. The third-order valence-corrected chi connectivity index (χ3v) is 6.62. The summed E-state index contributed by atoms with van der Waals surface area (Å²) in [5, 5.41) is 20.7. The lowest BCUT2D eigenvalue weighted by molar-refractivity contribution is -0.385. The maximum Gasteiger partial charge on any atom is 0.275 e. The number of nitrogens with zero attached hydrogens (tertiary/aromatic N) is 4. The van der Waals surface area contributed by atoms with Crippen LogP contribution in [-0.2, 0) is 6.61 Å². The predicted molar refractivity (Wildman–Crippen MR) is 134 cm³/mol. The summed E-state index contributed by atoms with van der Waals surface area (Å²) in [5.41, 5.74) is 3.63. The van der Waals surface area contributed by atoms with E-state index in [2.05, 4.69) is 46.2 Å². The van der Waals surface area contributed by atoms with Crippen LogP contribution in [0.4, 0.5) is 17.1 Å². The van der Waals surface area contributed by atoms with E-state index >= 15 is 0 Å². The van der Waals surface area contributed by atoms with Crippen molar-refractivity contribution in [3.63, 3.8) is 0 Å². The molecule has 0 saturated carbocycles. The highest BCUT2D eigenvalue weighted by Gasteiger charge is 2.32. The van der Waals surface area contributed by atoms with E-state index in [-0.39, 0.29) is 28.9 Å². The number of aliphatic hydroxyl groups excluding tert-OH is 1. The second-order valence-corrected chi connectivity index (χ2v) is 8.62. The minimum Gasteiger partial charge on any atom is -0.391 e. The molecule has 3 aromatic carbocycles. The molecule has 1 saturated heterocycles. The first-order chi connectivity index (χ1) is 17.1. The van der Waals surface area contributed by atoms with Crippen LogP contribution in [0.2, 0.25) is 0 Å². The van der Waals surface area contributed by atoms with Crippen LogP contribution < -0.4 is 4.90 Å². The Morgan fingerprint density at radius 2 is 1.69 bits per heavy atom. The van der Waals surface area contributed by atoms with Crippen molar-refractivity contribution >= 4 is 29.0 Å². The van der Waals surface area contributed by atoms with Gasteiger partial charge >= 0.3 is 0 Å². The molecule has 1 amide bonds. The van der Waals surface area contributed by atoms with E-state index in [9.17, 15) is 20.0 Å². The molecule has 1 atom stereocenters. The van der Waals surface area contributed by atoms with Crippen molar-refractivity contribution in [3.05, 3.63) is 106 Å². The molecule has 35 heavy (non-hydrogen) atoms. The van der Waals surface area contributed by atoms with E-state index in [0.717, 1.165) is 16.9 Å². The summed E-state index contributed by atoms with van der Waals surface area (Å²) >= 11 is 0. The smallest absolute Gasteiger partial charge is 0.275 e. The summed E-state index contributed by atoms with van der Waals surface area (Å²) in [4.78, 5) is 30.3. The van der Waals surface area contributed by atoms with Gasteiger partial charge in [-0.15, -0.1) is 0 Å². The van der Waals surface area contributed by atoms with Gasteiger partial charge in [0, 0.05) is 43.5 Å². The summed E-state index contributed by atoms with van der Waals surface area (Å²) in [6.45, 7) is 1.93. The second-order valence-electron chi connectivity index (χ2n) is 8.62. The number of hydrogen-bond donors (Lipinski definition) is 1. The van der Waals surface area contributed by atoms with Gasteiger partial charge in [0.15, 0.2) is 0 Å². The zero-order valence-electron chi connectivity index (χ0n) is 19.2. The van der Waals surface area contributed by atoms with Crippen LogP contribution >= 0.6 is 0 Å². The number of fused-ring (bicyclic) bond motifs is 1. The minimum absolute atomic E-state index is 0.00878. The number of aliphatic hydroxyl groups is 1. The Bertz CT molecular complexity index is 1270. The molecule has 1 fully saturated rings. The molecule has 178 valence electrons. The number of nitro benzene ring substituents is 1. The highest BCUT2D eigenvalue weighted by atomic mass is 16.6. The van der Waals surface area contributed by atoms with Gasteiger partial charge in [0.2, 0.25) is 0 Å². The Kier molecular flexibility index (Phi) is 6.31. The van der Waals surface area contributed by atoms with Crippen LogP contribution in [0.25, 0.3) is 6.08 Å². The van der Waals surface area contributed by atoms with Crippen LogP contribution in [0, 0.1) is 10.1 Å². The molecule has 0 radical (unpaired) electrons. The molecule has 3 aromatic rings. The number of carbonyl (C=O) groups excluding carboxylic acids is 1. The van der Waals surface area contributed by atoms with Gasteiger partial charge in [0.25, 0.3) is 11.6 Å². The molecule has 2 aliphatic heterocycles. The molecule has 1 N–H and O–H groups in total. The van der Waals surface area contributed by atoms with Gasteiger partial charge in [0.1, 0.15) is 6.17 Å². The fourth-order valence-corrected chi connectivity index (χ4v) is 4.80. The maximum atomic E-state index is 13.1. The van der Waals surface area contributed by atoms with E-state index in [4.69, 9.17) is 0 Å². The molecule has 1 unspecified atom stereocenters. The fraction of sp³-hybridized carbons (Fsp3) is 0.222. The first kappa shape index (κ1) is 22.8.